The fourth-order valence-electron chi connectivity index (χ4n) is 6.26. The van der Waals surface area contributed by atoms with Crippen molar-refractivity contribution in [3.63, 3.8) is 0 Å². The van der Waals surface area contributed by atoms with Crippen LogP contribution in [0.2, 0.25) is 0 Å². The molecule has 6 nitrogen and oxygen atoms in total. The number of fused-ring (bicyclic) bond motifs is 2. The zero-order valence-electron chi connectivity index (χ0n) is 27.1. The number of thioether (sulfide) groups is 1. The molecule has 2 amide bonds. The molecule has 5 rings (SSSR count). The van der Waals surface area contributed by atoms with E-state index in [1.165, 1.54) is 17.0 Å². The van der Waals surface area contributed by atoms with Crippen LogP contribution in [-0.2, 0) is 26.6 Å². The normalized spacial score (nSPS) is 20.4. The van der Waals surface area contributed by atoms with Gasteiger partial charge in [-0.25, -0.2) is 0 Å². The van der Waals surface area contributed by atoms with Gasteiger partial charge in [-0.15, -0.1) is 0 Å². The van der Waals surface area contributed by atoms with Crippen LogP contribution in [0.3, 0.4) is 0 Å². The maximum Gasteiger partial charge on any atom is 0.416 e. The number of allylic oxidation sites excluding steroid dienone is 4. The molecule has 1 fully saturated rings. The molecule has 3 aliphatic heterocycles. The van der Waals surface area contributed by atoms with Crippen molar-refractivity contribution in [2.24, 2.45) is 5.92 Å². The van der Waals surface area contributed by atoms with Crippen LogP contribution in [0.25, 0.3) is 0 Å². The van der Waals surface area contributed by atoms with Crippen LogP contribution in [0.1, 0.15) is 64.7 Å². The summed E-state index contributed by atoms with van der Waals surface area (Å²) in [5, 5.41) is 2.90. The van der Waals surface area contributed by atoms with Crippen molar-refractivity contribution in [3.8, 4) is 0 Å². The van der Waals surface area contributed by atoms with E-state index in [4.69, 9.17) is 12.2 Å². The molecular weight excluding hydrogens is 630 g/mol. The van der Waals surface area contributed by atoms with Crippen LogP contribution in [0, 0.1) is 5.92 Å². The number of rotatable bonds is 7. The monoisotopic (exact) mass is 668 g/mol. The number of benzene rings is 2. The number of hydrogen-bond acceptors (Lipinski definition) is 6. The summed E-state index contributed by atoms with van der Waals surface area (Å²) in [6.45, 7) is 16.7. The second kappa shape index (κ2) is 11.9. The van der Waals surface area contributed by atoms with Crippen LogP contribution in [0.15, 0.2) is 71.4 Å². The van der Waals surface area contributed by atoms with Gasteiger partial charge in [-0.2, -0.15) is 13.2 Å². The average Bonchev–Trinajstić information content (AvgIpc) is 3.42. The van der Waals surface area contributed by atoms with Crippen molar-refractivity contribution in [1.29, 1.82) is 0 Å². The van der Waals surface area contributed by atoms with E-state index in [0.29, 0.717) is 28.6 Å². The van der Waals surface area contributed by atoms with Gasteiger partial charge in [0.15, 0.2) is 0 Å². The molecule has 0 saturated carbocycles. The lowest BCUT2D eigenvalue weighted by molar-refractivity contribution is -0.137. The molecule has 0 spiro atoms. The second-order valence-corrected chi connectivity index (χ2v) is 15.1. The van der Waals surface area contributed by atoms with Gasteiger partial charge in [-0.05, 0) is 72.0 Å². The summed E-state index contributed by atoms with van der Waals surface area (Å²) in [5.74, 6) is -0.391. The number of hydrogen-bond donors (Lipinski definition) is 1. The van der Waals surface area contributed by atoms with E-state index in [1.54, 1.807) is 12.2 Å². The topological polar surface area (TPSA) is 55.9 Å². The third kappa shape index (κ3) is 5.99. The van der Waals surface area contributed by atoms with Crippen molar-refractivity contribution >= 4 is 57.2 Å². The lowest BCUT2D eigenvalue weighted by atomic mass is 9.83. The fraction of sp³-hybridized carbons (Fsp3) is 0.400. The summed E-state index contributed by atoms with van der Waals surface area (Å²) >= 11 is 6.59. The Bertz CT molecular complexity index is 1710. The molecule has 3 heterocycles. The Hall–Kier alpha value is -3.57. The number of alkyl halides is 3. The Morgan fingerprint density at radius 2 is 1.67 bits per heavy atom. The zero-order valence-corrected chi connectivity index (χ0v) is 28.8. The van der Waals surface area contributed by atoms with Crippen molar-refractivity contribution in [3.05, 3.63) is 88.1 Å². The van der Waals surface area contributed by atoms with Gasteiger partial charge in [0.05, 0.1) is 10.5 Å². The molecule has 2 aromatic rings. The highest BCUT2D eigenvalue weighted by atomic mass is 32.2. The molecule has 0 radical (unpaired) electrons. The van der Waals surface area contributed by atoms with Gasteiger partial charge in [-0.1, -0.05) is 72.1 Å². The number of carbonyl (C=O) groups is 2. The standard InChI is InChI=1S/C35H39F3N4O2S2/c1-20(2)15-16-41-27-11-9-22(35(36,37)38)17-24(27)34(6,7)29(41)14-13-28-31(44)42(32(45)46-28)19-30(43)39-23-10-12-26-25(18-23)33(4,5)21(3)40(26)8/h9-14,17-18,20H,3,15-16,19H2,1-2,4-8H3,(H,39,43)/b28-13+,29-14-. The van der Waals surface area contributed by atoms with Gasteiger partial charge >= 0.3 is 6.18 Å². The van der Waals surface area contributed by atoms with Crippen molar-refractivity contribution in [1.82, 2.24) is 4.90 Å². The number of halogens is 3. The Balaban J connectivity index is 1.36. The Labute approximate surface area is 278 Å². The second-order valence-electron chi connectivity index (χ2n) is 13.4. The third-order valence-corrected chi connectivity index (χ3v) is 10.6. The van der Waals surface area contributed by atoms with Gasteiger partial charge in [0.25, 0.3) is 5.91 Å². The number of likely N-dealkylation sites (N-methyl/N-ethyl adjacent to an activating group) is 1. The molecule has 244 valence electrons. The molecule has 0 atom stereocenters. The largest absolute Gasteiger partial charge is 0.416 e. The highest BCUT2D eigenvalue weighted by Gasteiger charge is 2.43. The SMILES string of the molecule is C=C1N(C)c2ccc(NC(=O)CN3C(=O)/C(=C\C=C4/N(CCC(C)C)c5ccc(C(F)(F)F)cc5C4(C)C)SC3=S)cc2C1(C)C. The van der Waals surface area contributed by atoms with E-state index in [1.807, 2.05) is 48.9 Å². The van der Waals surface area contributed by atoms with Crippen molar-refractivity contribution < 1.29 is 22.8 Å². The van der Waals surface area contributed by atoms with E-state index in [9.17, 15) is 22.8 Å². The molecule has 0 aliphatic carbocycles. The van der Waals surface area contributed by atoms with Crippen LogP contribution in [0.4, 0.5) is 30.2 Å². The van der Waals surface area contributed by atoms with Gasteiger partial charge in [0.1, 0.15) is 10.9 Å². The third-order valence-electron chi connectivity index (χ3n) is 9.16. The predicted molar refractivity (Wildman–Crippen MR) is 185 cm³/mol. The Morgan fingerprint density at radius 1 is 1.02 bits per heavy atom. The predicted octanol–water partition coefficient (Wildman–Crippen LogP) is 8.36. The minimum absolute atomic E-state index is 0.247. The Kier molecular flexibility index (Phi) is 8.74. The Morgan fingerprint density at radius 3 is 2.33 bits per heavy atom. The molecule has 0 aromatic heterocycles. The van der Waals surface area contributed by atoms with Gasteiger partial charge in [-0.3, -0.25) is 14.5 Å². The van der Waals surface area contributed by atoms with E-state index >= 15 is 0 Å². The molecule has 3 aliphatic rings. The van der Waals surface area contributed by atoms with E-state index in [-0.39, 0.29) is 22.2 Å². The number of anilines is 3. The van der Waals surface area contributed by atoms with E-state index in [0.717, 1.165) is 52.6 Å². The number of amides is 2. The first kappa shape index (κ1) is 33.8. The molecule has 46 heavy (non-hydrogen) atoms. The van der Waals surface area contributed by atoms with E-state index < -0.39 is 23.1 Å². The van der Waals surface area contributed by atoms with Crippen LogP contribution < -0.4 is 15.1 Å². The lowest BCUT2D eigenvalue weighted by Crippen LogP contribution is -2.36. The highest BCUT2D eigenvalue weighted by molar-refractivity contribution is 8.26. The molecule has 0 unspecified atom stereocenters. The highest BCUT2D eigenvalue weighted by Crippen LogP contribution is 2.50. The summed E-state index contributed by atoms with van der Waals surface area (Å²) in [6, 6.07) is 9.58. The number of thiocarbonyl (C=S) groups is 1. The minimum atomic E-state index is -4.45. The average molecular weight is 669 g/mol. The minimum Gasteiger partial charge on any atom is -0.348 e. The summed E-state index contributed by atoms with van der Waals surface area (Å²) in [4.78, 5) is 32.2. The number of nitrogens with one attached hydrogen (secondary N) is 1. The summed E-state index contributed by atoms with van der Waals surface area (Å²) in [7, 11) is 1.96. The van der Waals surface area contributed by atoms with Crippen molar-refractivity contribution in [2.75, 3.05) is 35.3 Å². The first-order chi connectivity index (χ1) is 21.3. The van der Waals surface area contributed by atoms with Crippen LogP contribution >= 0.6 is 24.0 Å². The quantitative estimate of drug-likeness (QED) is 0.237. The van der Waals surface area contributed by atoms with Crippen LogP contribution in [-0.4, -0.2) is 41.2 Å². The molecule has 1 saturated heterocycles. The first-order valence-electron chi connectivity index (χ1n) is 15.2. The maximum absolute atomic E-state index is 13.6. The van der Waals surface area contributed by atoms with Crippen LogP contribution in [0.5, 0.6) is 0 Å². The summed E-state index contributed by atoms with van der Waals surface area (Å²) in [5.41, 5.74) is 4.03. The zero-order chi connectivity index (χ0) is 33.9. The maximum atomic E-state index is 13.6. The number of carbonyl (C=O) groups excluding carboxylic acids is 2. The molecule has 0 bridgehead atoms. The first-order valence-corrected chi connectivity index (χ1v) is 16.4. The summed E-state index contributed by atoms with van der Waals surface area (Å²) < 4.78 is 41.1. The van der Waals surface area contributed by atoms with Crippen molar-refractivity contribution in [2.45, 2.75) is 65.0 Å². The lowest BCUT2D eigenvalue weighted by Gasteiger charge is -2.27. The molecule has 2 aromatic carbocycles. The molecular formula is C35H39F3N4O2S2. The molecule has 1 N–H and O–H groups in total. The van der Waals surface area contributed by atoms with Gasteiger partial charge < -0.3 is 15.1 Å². The number of nitrogens with zero attached hydrogens (tertiary/aromatic N) is 3. The van der Waals surface area contributed by atoms with E-state index in [2.05, 4.69) is 39.6 Å². The molecule has 11 heteroatoms. The summed E-state index contributed by atoms with van der Waals surface area (Å²) in [6.07, 6.45) is -0.155. The fourth-order valence-corrected chi connectivity index (χ4v) is 7.45. The van der Waals surface area contributed by atoms with Gasteiger partial charge in [0.2, 0.25) is 5.91 Å². The smallest absolute Gasteiger partial charge is 0.348 e. The van der Waals surface area contributed by atoms with Gasteiger partial charge in [0, 0.05) is 52.9 Å².